The van der Waals surface area contributed by atoms with E-state index in [2.05, 4.69) is 35.2 Å². The topological polar surface area (TPSA) is 29.5 Å². The van der Waals surface area contributed by atoms with Crippen LogP contribution < -0.4 is 4.74 Å². The number of carbonyl (C=O) groups excluding carboxylic acids is 1. The molecule has 4 rings (SSSR count). The van der Waals surface area contributed by atoms with Crippen molar-refractivity contribution in [3.05, 3.63) is 65.7 Å². The molecule has 2 aromatic carbocycles. The van der Waals surface area contributed by atoms with Crippen molar-refractivity contribution in [1.29, 1.82) is 0 Å². The van der Waals surface area contributed by atoms with Crippen LogP contribution in [0.25, 0.3) is 0 Å². The van der Waals surface area contributed by atoms with Crippen LogP contribution in [0.2, 0.25) is 0 Å². The van der Waals surface area contributed by atoms with Gasteiger partial charge in [0, 0.05) is 12.6 Å². The summed E-state index contributed by atoms with van der Waals surface area (Å²) >= 11 is 0. The highest BCUT2D eigenvalue weighted by Gasteiger charge is 2.33. The Balaban J connectivity index is 1.52. The van der Waals surface area contributed by atoms with Crippen molar-refractivity contribution < 1.29 is 9.53 Å². The van der Waals surface area contributed by atoms with Crippen molar-refractivity contribution in [2.45, 2.75) is 25.3 Å². The second-order valence-corrected chi connectivity index (χ2v) is 6.79. The number of nitrogens with zero attached hydrogens (tertiary/aromatic N) is 1. The van der Waals surface area contributed by atoms with Crippen LogP contribution in [-0.2, 0) is 0 Å². The summed E-state index contributed by atoms with van der Waals surface area (Å²) in [5.74, 6) is 0.899. The number of ether oxygens (including phenoxy) is 1. The third-order valence-corrected chi connectivity index (χ3v) is 5.22. The van der Waals surface area contributed by atoms with Gasteiger partial charge < -0.3 is 4.74 Å². The quantitative estimate of drug-likeness (QED) is 0.852. The molecule has 0 radical (unpaired) electrons. The molecule has 0 saturated carbocycles. The first kappa shape index (κ1) is 15.4. The lowest BCUT2D eigenvalue weighted by Gasteiger charge is -2.38. The Morgan fingerprint density at radius 1 is 1.00 bits per heavy atom. The van der Waals surface area contributed by atoms with Crippen molar-refractivity contribution >= 4 is 5.78 Å². The molecule has 0 aliphatic carbocycles. The molecule has 1 fully saturated rings. The number of para-hydroxylation sites is 1. The molecule has 124 valence electrons. The van der Waals surface area contributed by atoms with E-state index in [1.165, 1.54) is 24.8 Å². The van der Waals surface area contributed by atoms with Crippen molar-refractivity contribution in [2.75, 3.05) is 19.7 Å². The lowest BCUT2D eigenvalue weighted by molar-refractivity contribution is 0.0668. The van der Waals surface area contributed by atoms with Crippen molar-refractivity contribution in [1.82, 2.24) is 4.90 Å². The third-order valence-electron chi connectivity index (χ3n) is 5.22. The smallest absolute Gasteiger partial charge is 0.174 e. The summed E-state index contributed by atoms with van der Waals surface area (Å²) in [7, 11) is 0. The minimum atomic E-state index is -0.0655. The van der Waals surface area contributed by atoms with Crippen molar-refractivity contribution in [2.24, 2.45) is 5.92 Å². The molecule has 3 heteroatoms. The fraction of sp³-hybridized carbons (Fsp3) is 0.381. The Morgan fingerprint density at radius 3 is 2.67 bits per heavy atom. The first-order valence-corrected chi connectivity index (χ1v) is 8.88. The molecule has 0 aromatic heterocycles. The van der Waals surface area contributed by atoms with E-state index in [0.717, 1.165) is 24.4 Å². The van der Waals surface area contributed by atoms with Crippen LogP contribution in [0.4, 0.5) is 0 Å². The van der Waals surface area contributed by atoms with Gasteiger partial charge in [-0.1, -0.05) is 48.9 Å². The van der Waals surface area contributed by atoms with Gasteiger partial charge in [0.1, 0.15) is 5.75 Å². The van der Waals surface area contributed by atoms with E-state index < -0.39 is 0 Å². The van der Waals surface area contributed by atoms with Crippen LogP contribution in [0.1, 0.15) is 41.2 Å². The number of carbonyl (C=O) groups is 1. The summed E-state index contributed by atoms with van der Waals surface area (Å²) in [6.45, 7) is 2.34. The van der Waals surface area contributed by atoms with E-state index in [1.54, 1.807) is 0 Å². The monoisotopic (exact) mass is 321 g/mol. The number of likely N-dealkylation sites (tertiary alicyclic amines) is 1. The predicted molar refractivity (Wildman–Crippen MR) is 94.4 cm³/mol. The highest BCUT2D eigenvalue weighted by molar-refractivity contribution is 6.01. The maximum atomic E-state index is 12.8. The maximum absolute atomic E-state index is 12.8. The molecule has 3 nitrogen and oxygen atoms in total. The molecule has 2 unspecified atom stereocenters. The van der Waals surface area contributed by atoms with Gasteiger partial charge in [-0.3, -0.25) is 9.69 Å². The first-order valence-electron chi connectivity index (χ1n) is 8.88. The number of hydrogen-bond acceptors (Lipinski definition) is 3. The van der Waals surface area contributed by atoms with E-state index in [-0.39, 0.29) is 11.7 Å². The third kappa shape index (κ3) is 2.96. The van der Waals surface area contributed by atoms with Gasteiger partial charge in [-0.2, -0.15) is 0 Å². The van der Waals surface area contributed by atoms with Crippen LogP contribution in [0.5, 0.6) is 5.75 Å². The average molecular weight is 321 g/mol. The molecule has 2 atom stereocenters. The fourth-order valence-electron chi connectivity index (χ4n) is 3.96. The Bertz CT molecular complexity index is 713. The van der Waals surface area contributed by atoms with Crippen LogP contribution in [0, 0.1) is 5.92 Å². The molecule has 2 aromatic rings. The Labute approximate surface area is 143 Å². The molecule has 2 aliphatic heterocycles. The van der Waals surface area contributed by atoms with Gasteiger partial charge in [0.05, 0.1) is 18.1 Å². The van der Waals surface area contributed by atoms with Gasteiger partial charge >= 0.3 is 0 Å². The fourth-order valence-corrected chi connectivity index (χ4v) is 3.96. The molecule has 0 amide bonds. The number of Topliss-reactive ketones (excluding diaryl/α,β-unsaturated/α-hetero) is 1. The van der Waals surface area contributed by atoms with Gasteiger partial charge in [-0.15, -0.1) is 0 Å². The van der Waals surface area contributed by atoms with E-state index in [9.17, 15) is 4.79 Å². The molecule has 2 heterocycles. The number of hydrogen-bond donors (Lipinski definition) is 0. The van der Waals surface area contributed by atoms with Crippen LogP contribution >= 0.6 is 0 Å². The summed E-state index contributed by atoms with van der Waals surface area (Å²) in [6, 6.07) is 18.7. The minimum absolute atomic E-state index is 0.0655. The van der Waals surface area contributed by atoms with E-state index in [0.29, 0.717) is 12.6 Å². The molecule has 2 aliphatic rings. The van der Waals surface area contributed by atoms with E-state index in [4.69, 9.17) is 4.74 Å². The molecule has 0 spiro atoms. The van der Waals surface area contributed by atoms with Crippen LogP contribution in [0.3, 0.4) is 0 Å². The van der Waals surface area contributed by atoms with Gasteiger partial charge in [-0.05, 0) is 37.1 Å². The Morgan fingerprint density at radius 2 is 1.79 bits per heavy atom. The number of fused-ring (bicyclic) bond motifs is 1. The Kier molecular flexibility index (Phi) is 4.35. The molecular formula is C21H23NO2. The van der Waals surface area contributed by atoms with Gasteiger partial charge in [-0.25, -0.2) is 0 Å². The normalized spacial score (nSPS) is 24.2. The minimum Gasteiger partial charge on any atom is -0.492 e. The molecule has 24 heavy (non-hydrogen) atoms. The van der Waals surface area contributed by atoms with Crippen molar-refractivity contribution in [3.8, 4) is 5.75 Å². The summed E-state index contributed by atoms with van der Waals surface area (Å²) in [5, 5.41) is 0. The zero-order valence-electron chi connectivity index (χ0n) is 13.9. The molecule has 0 bridgehead atoms. The van der Waals surface area contributed by atoms with Crippen LogP contribution in [0.15, 0.2) is 54.6 Å². The van der Waals surface area contributed by atoms with Gasteiger partial charge in [0.25, 0.3) is 0 Å². The summed E-state index contributed by atoms with van der Waals surface area (Å²) in [5.41, 5.74) is 2.10. The second kappa shape index (κ2) is 6.78. The molecule has 1 saturated heterocycles. The highest BCUT2D eigenvalue weighted by Crippen LogP contribution is 2.33. The van der Waals surface area contributed by atoms with Gasteiger partial charge in [0.15, 0.2) is 5.78 Å². The zero-order valence-corrected chi connectivity index (χ0v) is 13.9. The number of piperidine rings is 1. The largest absolute Gasteiger partial charge is 0.492 e. The zero-order chi connectivity index (χ0) is 16.4. The molecule has 0 N–H and O–H groups in total. The first-order chi connectivity index (χ1) is 11.8. The Hall–Kier alpha value is -2.13. The highest BCUT2D eigenvalue weighted by atomic mass is 16.5. The number of benzene rings is 2. The van der Waals surface area contributed by atoms with Crippen LogP contribution in [-0.4, -0.2) is 30.4 Å². The second-order valence-electron chi connectivity index (χ2n) is 6.79. The number of ketones is 1. The van der Waals surface area contributed by atoms with E-state index in [1.807, 2.05) is 24.3 Å². The summed E-state index contributed by atoms with van der Waals surface area (Å²) < 4.78 is 5.84. The maximum Gasteiger partial charge on any atom is 0.174 e. The van der Waals surface area contributed by atoms with Gasteiger partial charge in [0.2, 0.25) is 0 Å². The van der Waals surface area contributed by atoms with E-state index >= 15 is 0 Å². The standard InChI is InChI=1S/C21H23NO2/c23-21-17(15-24-20-12-5-4-10-18(20)21)14-22-13-7-6-11-19(22)16-8-2-1-3-9-16/h1-5,8-10,12,17,19H,6-7,11,13-15H2. The predicted octanol–water partition coefficient (Wildman–Crippen LogP) is 4.11. The summed E-state index contributed by atoms with van der Waals surface area (Å²) in [6.07, 6.45) is 3.64. The molecular weight excluding hydrogens is 298 g/mol. The summed E-state index contributed by atoms with van der Waals surface area (Å²) in [4.78, 5) is 15.3. The number of rotatable bonds is 3. The average Bonchev–Trinajstić information content (AvgIpc) is 2.65. The lowest BCUT2D eigenvalue weighted by Crippen LogP contribution is -2.42. The SMILES string of the molecule is O=C1c2ccccc2OCC1CN1CCCCC1c1ccccc1. The van der Waals surface area contributed by atoms with Crippen molar-refractivity contribution in [3.63, 3.8) is 0 Å². The lowest BCUT2D eigenvalue weighted by atomic mass is 9.90.